The van der Waals surface area contributed by atoms with Gasteiger partial charge in [-0.15, -0.1) is 0 Å². The lowest BCUT2D eigenvalue weighted by Crippen LogP contribution is -2.12. The lowest BCUT2D eigenvalue weighted by atomic mass is 10.1. The first kappa shape index (κ1) is 38.2. The quantitative estimate of drug-likeness (QED) is 0.0434. The fraction of sp³-hybridized carbons (Fsp3) is 0.463. The molecule has 0 atom stereocenters. The number of carbonyl (C=O) groups excluding carboxylic acids is 2. The van der Waals surface area contributed by atoms with E-state index in [4.69, 9.17) is 23.7 Å². The first-order chi connectivity index (χ1) is 23.4. The molecule has 48 heavy (non-hydrogen) atoms. The van der Waals surface area contributed by atoms with Crippen LogP contribution in [-0.2, 0) is 4.79 Å². The molecule has 0 aliphatic rings. The van der Waals surface area contributed by atoms with Crippen LogP contribution in [0.4, 0.5) is 0 Å². The van der Waals surface area contributed by atoms with Crippen LogP contribution in [-0.4, -0.2) is 31.8 Å². The molecule has 7 heteroatoms. The third-order valence-electron chi connectivity index (χ3n) is 7.82. The summed E-state index contributed by atoms with van der Waals surface area (Å²) < 4.78 is 29.9. The number of unbranched alkanes of at least 4 members (excludes halogenated alkanes) is 9. The summed E-state index contributed by atoms with van der Waals surface area (Å²) in [7, 11) is 0. The second kappa shape index (κ2) is 21.6. The van der Waals surface area contributed by atoms with Gasteiger partial charge in [0.15, 0.2) is 11.5 Å². The number of hydrogen-bond donors (Lipinski definition) is 0. The molecule has 0 N–H and O–H groups in total. The summed E-state index contributed by atoms with van der Waals surface area (Å²) in [4.78, 5) is 25.3. The molecule has 260 valence electrons. The summed E-state index contributed by atoms with van der Waals surface area (Å²) in [6, 6.07) is 17.9. The second-order valence-corrected chi connectivity index (χ2v) is 12.1. The van der Waals surface area contributed by atoms with Crippen LogP contribution in [0, 0.1) is 0 Å². The molecule has 7 nitrogen and oxygen atoms in total. The van der Waals surface area contributed by atoms with Crippen molar-refractivity contribution >= 4 is 11.9 Å². The van der Waals surface area contributed by atoms with Gasteiger partial charge in [0, 0.05) is 5.57 Å². The van der Waals surface area contributed by atoms with Gasteiger partial charge in [-0.2, -0.15) is 0 Å². The fourth-order valence-corrected chi connectivity index (χ4v) is 4.97. The van der Waals surface area contributed by atoms with E-state index in [0.29, 0.717) is 59.7 Å². The molecule has 0 saturated heterocycles. The van der Waals surface area contributed by atoms with Crippen LogP contribution in [0.5, 0.6) is 28.7 Å². The summed E-state index contributed by atoms with van der Waals surface area (Å²) in [5.41, 5.74) is 2.52. The van der Waals surface area contributed by atoms with Crippen molar-refractivity contribution < 1.29 is 33.3 Å². The van der Waals surface area contributed by atoms with Crippen LogP contribution < -0.4 is 23.7 Å². The van der Waals surface area contributed by atoms with Crippen molar-refractivity contribution in [1.82, 2.24) is 0 Å². The smallest absolute Gasteiger partial charge is 0.343 e. The van der Waals surface area contributed by atoms with E-state index in [-0.39, 0.29) is 0 Å². The van der Waals surface area contributed by atoms with Gasteiger partial charge in [-0.1, -0.05) is 109 Å². The van der Waals surface area contributed by atoms with Crippen molar-refractivity contribution in [2.24, 2.45) is 0 Å². The maximum atomic E-state index is 13.5. The van der Waals surface area contributed by atoms with Gasteiger partial charge in [0.25, 0.3) is 0 Å². The zero-order valence-corrected chi connectivity index (χ0v) is 29.4. The van der Waals surface area contributed by atoms with E-state index in [2.05, 4.69) is 27.4 Å². The van der Waals surface area contributed by atoms with E-state index in [9.17, 15) is 9.59 Å². The molecule has 0 heterocycles. The fourth-order valence-electron chi connectivity index (χ4n) is 4.97. The molecule has 0 radical (unpaired) electrons. The molecule has 0 saturated carbocycles. The molecule has 3 rings (SSSR count). The molecular formula is C41H54O7. The van der Waals surface area contributed by atoms with Crippen LogP contribution in [0.2, 0.25) is 0 Å². The topological polar surface area (TPSA) is 80.3 Å². The van der Waals surface area contributed by atoms with Gasteiger partial charge in [-0.3, -0.25) is 0 Å². The van der Waals surface area contributed by atoms with Crippen LogP contribution >= 0.6 is 0 Å². The highest BCUT2D eigenvalue weighted by Gasteiger charge is 2.21. The summed E-state index contributed by atoms with van der Waals surface area (Å²) in [6.07, 6.45) is 12.9. The molecule has 3 aromatic carbocycles. The highest BCUT2D eigenvalue weighted by Crippen LogP contribution is 2.40. The Kier molecular flexibility index (Phi) is 17.2. The molecule has 3 aromatic rings. The molecule has 0 amide bonds. The Hall–Kier alpha value is -4.26. The minimum absolute atomic E-state index is 0.337. The summed E-state index contributed by atoms with van der Waals surface area (Å²) in [5.74, 6) is 1.46. The van der Waals surface area contributed by atoms with Crippen molar-refractivity contribution in [2.45, 2.75) is 105 Å². The van der Waals surface area contributed by atoms with Crippen molar-refractivity contribution in [3.05, 3.63) is 78.4 Å². The average molecular weight is 659 g/mol. The van der Waals surface area contributed by atoms with Crippen LogP contribution in [0.3, 0.4) is 0 Å². The number of esters is 2. The zero-order chi connectivity index (χ0) is 34.6. The summed E-state index contributed by atoms with van der Waals surface area (Å²) in [5, 5.41) is 0. The predicted molar refractivity (Wildman–Crippen MR) is 193 cm³/mol. The van der Waals surface area contributed by atoms with E-state index >= 15 is 0 Å². The number of ether oxygens (including phenoxy) is 5. The summed E-state index contributed by atoms with van der Waals surface area (Å²) >= 11 is 0. The van der Waals surface area contributed by atoms with E-state index < -0.39 is 11.9 Å². The number of rotatable bonds is 23. The third kappa shape index (κ3) is 13.1. The molecule has 0 unspecified atom stereocenters. The monoisotopic (exact) mass is 658 g/mol. The van der Waals surface area contributed by atoms with Crippen LogP contribution in [0.15, 0.2) is 72.8 Å². The zero-order valence-electron chi connectivity index (χ0n) is 29.4. The summed E-state index contributed by atoms with van der Waals surface area (Å²) in [6.45, 7) is 13.4. The number of benzene rings is 3. The maximum Gasteiger partial charge on any atom is 0.343 e. The van der Waals surface area contributed by atoms with Gasteiger partial charge in [-0.05, 0) is 73.7 Å². The van der Waals surface area contributed by atoms with Gasteiger partial charge >= 0.3 is 11.9 Å². The molecule has 0 spiro atoms. The molecule has 0 aliphatic carbocycles. The van der Waals surface area contributed by atoms with Crippen molar-refractivity contribution in [1.29, 1.82) is 0 Å². The Morgan fingerprint density at radius 1 is 0.562 bits per heavy atom. The second-order valence-electron chi connectivity index (χ2n) is 12.1. The largest absolute Gasteiger partial charge is 0.490 e. The van der Waals surface area contributed by atoms with Gasteiger partial charge in [0.2, 0.25) is 5.75 Å². The van der Waals surface area contributed by atoms with Crippen LogP contribution in [0.1, 0.15) is 115 Å². The van der Waals surface area contributed by atoms with E-state index in [1.165, 1.54) is 0 Å². The molecule has 0 aromatic heterocycles. The predicted octanol–water partition coefficient (Wildman–Crippen LogP) is 10.9. The Bertz CT molecular complexity index is 1370. The lowest BCUT2D eigenvalue weighted by molar-refractivity contribution is -0.130. The Morgan fingerprint density at radius 2 is 0.979 bits per heavy atom. The van der Waals surface area contributed by atoms with E-state index in [1.54, 1.807) is 43.3 Å². The Labute approximate surface area is 287 Å². The van der Waals surface area contributed by atoms with Gasteiger partial charge in [0.1, 0.15) is 11.5 Å². The van der Waals surface area contributed by atoms with E-state index in [0.717, 1.165) is 88.2 Å². The average Bonchev–Trinajstić information content (AvgIpc) is 3.09. The minimum Gasteiger partial charge on any atom is -0.490 e. The van der Waals surface area contributed by atoms with Crippen LogP contribution in [0.25, 0.3) is 11.1 Å². The maximum absolute atomic E-state index is 13.5. The first-order valence-corrected chi connectivity index (χ1v) is 17.7. The standard InChI is InChI=1S/C41H54O7/c1-6-9-12-15-26-44-37-29-34(30-38(45-27-16-13-10-7-2)39(37)46-28-17-14-11-8-3)41(43)48-36-24-20-33(21-25-36)32-18-22-35(23-19-32)47-40(42)31(4)5/h18-25,29-30H,4,6-17,26-28H2,1-3,5H3. The lowest BCUT2D eigenvalue weighted by Gasteiger charge is -2.19. The Morgan fingerprint density at radius 3 is 1.40 bits per heavy atom. The van der Waals surface area contributed by atoms with Gasteiger partial charge in [0.05, 0.1) is 25.4 Å². The SMILES string of the molecule is C=C(C)C(=O)Oc1ccc(-c2ccc(OC(=O)c3cc(OCCCCCC)c(OCCCCCC)c(OCCCCCC)c3)cc2)cc1. The van der Waals surface area contributed by atoms with E-state index in [1.807, 2.05) is 24.3 Å². The number of carbonyl (C=O) groups is 2. The van der Waals surface area contributed by atoms with Crippen molar-refractivity contribution in [3.8, 4) is 39.9 Å². The highest BCUT2D eigenvalue weighted by molar-refractivity contribution is 5.93. The van der Waals surface area contributed by atoms with Gasteiger partial charge in [-0.25, -0.2) is 9.59 Å². The molecule has 0 bridgehead atoms. The van der Waals surface area contributed by atoms with Crippen molar-refractivity contribution in [3.63, 3.8) is 0 Å². The van der Waals surface area contributed by atoms with Crippen molar-refractivity contribution in [2.75, 3.05) is 19.8 Å². The molecule has 0 fully saturated rings. The minimum atomic E-state index is -0.507. The first-order valence-electron chi connectivity index (χ1n) is 17.7. The highest BCUT2D eigenvalue weighted by atomic mass is 16.5. The van der Waals surface area contributed by atoms with Gasteiger partial charge < -0.3 is 23.7 Å². The molecular weight excluding hydrogens is 604 g/mol. The molecule has 0 aliphatic heterocycles. The normalized spacial score (nSPS) is 10.8. The Balaban J connectivity index is 1.79. The third-order valence-corrected chi connectivity index (χ3v) is 7.82. The number of hydrogen-bond acceptors (Lipinski definition) is 7.